The highest BCUT2D eigenvalue weighted by atomic mass is 32.2. The minimum atomic E-state index is -3.97. The molecule has 7 nitrogen and oxygen atoms in total. The summed E-state index contributed by atoms with van der Waals surface area (Å²) in [5, 5.41) is 11.0. The van der Waals surface area contributed by atoms with Crippen LogP contribution in [0.1, 0.15) is 49.1 Å². The highest BCUT2D eigenvalue weighted by Crippen LogP contribution is 2.59. The van der Waals surface area contributed by atoms with Crippen molar-refractivity contribution in [2.75, 3.05) is 6.54 Å². The Kier molecular flexibility index (Phi) is 5.17. The fourth-order valence-electron chi connectivity index (χ4n) is 6.50. The summed E-state index contributed by atoms with van der Waals surface area (Å²) in [6.45, 7) is 0.0619. The molecule has 2 aromatic rings. The molecule has 32 heavy (non-hydrogen) atoms. The molecule has 2 aromatic carbocycles. The first-order valence-corrected chi connectivity index (χ1v) is 12.7. The molecule has 3 aliphatic rings. The van der Waals surface area contributed by atoms with Crippen LogP contribution in [0.5, 0.6) is 0 Å². The summed E-state index contributed by atoms with van der Waals surface area (Å²) in [6.07, 6.45) is 4.87. The van der Waals surface area contributed by atoms with Crippen molar-refractivity contribution in [3.05, 3.63) is 69.8 Å². The van der Waals surface area contributed by atoms with Gasteiger partial charge < -0.3 is 0 Å². The lowest BCUT2D eigenvalue weighted by Crippen LogP contribution is -2.50. The van der Waals surface area contributed by atoms with Crippen molar-refractivity contribution in [1.29, 1.82) is 0 Å². The predicted molar refractivity (Wildman–Crippen MR) is 119 cm³/mol. The Morgan fingerprint density at radius 1 is 1.06 bits per heavy atom. The van der Waals surface area contributed by atoms with Gasteiger partial charge >= 0.3 is 0 Å². The van der Waals surface area contributed by atoms with Gasteiger partial charge in [-0.25, -0.2) is 13.1 Å². The Morgan fingerprint density at radius 3 is 2.69 bits per heavy atom. The zero-order chi connectivity index (χ0) is 22.5. The van der Waals surface area contributed by atoms with Crippen molar-refractivity contribution in [3.63, 3.8) is 0 Å². The second-order valence-electron chi connectivity index (χ2n) is 9.35. The van der Waals surface area contributed by atoms with E-state index in [0.717, 1.165) is 31.7 Å². The number of nitro groups is 1. The topological polar surface area (TPSA) is 106 Å². The van der Waals surface area contributed by atoms with Gasteiger partial charge in [0, 0.05) is 30.5 Å². The third-order valence-corrected chi connectivity index (χ3v) is 9.40. The molecular weight excluding hydrogens is 428 g/mol. The molecule has 0 aliphatic heterocycles. The van der Waals surface area contributed by atoms with E-state index in [-0.39, 0.29) is 28.8 Å². The van der Waals surface area contributed by atoms with E-state index < -0.39 is 20.4 Å². The average Bonchev–Trinajstić information content (AvgIpc) is 3.14. The number of ketones is 1. The normalized spacial score (nSPS) is 29.1. The molecular formula is C24H26N2O5S. The number of hydrogen-bond acceptors (Lipinski definition) is 5. The molecule has 0 radical (unpaired) electrons. The summed E-state index contributed by atoms with van der Waals surface area (Å²) < 4.78 is 28.5. The largest absolute Gasteiger partial charge is 0.299 e. The fraction of sp³-hybridized carbons (Fsp3) is 0.458. The second-order valence-corrected chi connectivity index (χ2v) is 11.1. The number of non-ortho nitro benzene ring substituents is 1. The van der Waals surface area contributed by atoms with Gasteiger partial charge in [0.15, 0.2) is 0 Å². The van der Waals surface area contributed by atoms with Crippen molar-refractivity contribution >= 4 is 21.5 Å². The van der Waals surface area contributed by atoms with Gasteiger partial charge in [-0.2, -0.15) is 0 Å². The number of nitrogens with zero attached hydrogens (tertiary/aromatic N) is 1. The van der Waals surface area contributed by atoms with Crippen molar-refractivity contribution < 1.29 is 18.1 Å². The molecule has 0 aromatic heterocycles. The molecule has 4 atom stereocenters. The van der Waals surface area contributed by atoms with Crippen LogP contribution in [0.15, 0.2) is 53.4 Å². The second kappa shape index (κ2) is 7.78. The Hall–Kier alpha value is -2.58. The lowest BCUT2D eigenvalue weighted by Gasteiger charge is -2.49. The van der Waals surface area contributed by atoms with E-state index >= 15 is 0 Å². The van der Waals surface area contributed by atoms with E-state index in [9.17, 15) is 23.3 Å². The molecule has 0 spiro atoms. The first kappa shape index (κ1) is 21.3. The molecule has 168 valence electrons. The number of aryl methyl sites for hydroxylation is 1. The van der Waals surface area contributed by atoms with Gasteiger partial charge in [0.25, 0.3) is 5.69 Å². The zero-order valence-electron chi connectivity index (χ0n) is 17.7. The van der Waals surface area contributed by atoms with Crippen LogP contribution in [0.4, 0.5) is 5.69 Å². The van der Waals surface area contributed by atoms with E-state index in [1.807, 2.05) is 0 Å². The molecule has 0 saturated heterocycles. The van der Waals surface area contributed by atoms with Gasteiger partial charge in [0.05, 0.1) is 9.82 Å². The lowest BCUT2D eigenvalue weighted by atomic mass is 9.55. The van der Waals surface area contributed by atoms with Crippen LogP contribution in [-0.4, -0.2) is 25.7 Å². The molecule has 0 amide bonds. The van der Waals surface area contributed by atoms with Gasteiger partial charge in [-0.05, 0) is 67.1 Å². The number of nitrogens with one attached hydrogen (secondary N) is 1. The molecule has 0 unspecified atom stereocenters. The minimum absolute atomic E-state index is 0.0619. The average molecular weight is 455 g/mol. The summed E-state index contributed by atoms with van der Waals surface area (Å²) in [5.74, 6) is 1.13. The molecule has 5 rings (SSSR count). The molecule has 0 heterocycles. The SMILES string of the molecule is O=C1CC[C@H]2[C@@H]3CCc4ccccc4[C@H]3CC[C@]12CNS(=O)(=O)c1cccc([N+](=O)[O-])c1. The number of sulfonamides is 1. The van der Waals surface area contributed by atoms with Crippen molar-refractivity contribution in [3.8, 4) is 0 Å². The predicted octanol–water partition coefficient (Wildman–Crippen LogP) is 3.98. The van der Waals surface area contributed by atoms with E-state index in [0.29, 0.717) is 24.7 Å². The van der Waals surface area contributed by atoms with Gasteiger partial charge in [0.2, 0.25) is 10.0 Å². The first-order valence-electron chi connectivity index (χ1n) is 11.2. The summed E-state index contributed by atoms with van der Waals surface area (Å²) >= 11 is 0. The maximum absolute atomic E-state index is 13.1. The number of Topliss-reactive ketones (excluding diaryl/α,β-unsaturated/α-hetero) is 1. The molecule has 8 heteroatoms. The van der Waals surface area contributed by atoms with Crippen LogP contribution < -0.4 is 4.72 Å². The quantitative estimate of drug-likeness (QED) is 0.543. The fourth-order valence-corrected chi connectivity index (χ4v) is 7.65. The number of carbonyl (C=O) groups excluding carboxylic acids is 1. The van der Waals surface area contributed by atoms with E-state index in [2.05, 4.69) is 29.0 Å². The van der Waals surface area contributed by atoms with Crippen LogP contribution in [0.25, 0.3) is 0 Å². The molecule has 2 saturated carbocycles. The van der Waals surface area contributed by atoms with Crippen LogP contribution in [0.3, 0.4) is 0 Å². The summed E-state index contributed by atoms with van der Waals surface area (Å²) in [5.41, 5.74) is 1.84. The first-order chi connectivity index (χ1) is 15.3. The Bertz CT molecular complexity index is 1190. The van der Waals surface area contributed by atoms with Crippen molar-refractivity contribution in [1.82, 2.24) is 4.72 Å². The van der Waals surface area contributed by atoms with Gasteiger partial charge in [-0.1, -0.05) is 30.3 Å². The highest BCUT2D eigenvalue weighted by Gasteiger charge is 2.57. The van der Waals surface area contributed by atoms with Crippen LogP contribution in [-0.2, 0) is 21.2 Å². The number of nitro benzene ring substituents is 1. The number of benzene rings is 2. The van der Waals surface area contributed by atoms with Crippen molar-refractivity contribution in [2.45, 2.75) is 49.3 Å². The molecule has 2 fully saturated rings. The number of carbonyl (C=O) groups is 1. The Balaban J connectivity index is 1.40. The Morgan fingerprint density at radius 2 is 1.88 bits per heavy atom. The van der Waals surface area contributed by atoms with Gasteiger partial charge in [0.1, 0.15) is 5.78 Å². The van der Waals surface area contributed by atoms with Gasteiger partial charge in [-0.15, -0.1) is 0 Å². The number of fused-ring (bicyclic) bond motifs is 5. The summed E-state index contributed by atoms with van der Waals surface area (Å²) in [4.78, 5) is 23.4. The number of rotatable bonds is 5. The molecule has 3 aliphatic carbocycles. The minimum Gasteiger partial charge on any atom is -0.299 e. The third-order valence-electron chi connectivity index (χ3n) is 8.00. The summed E-state index contributed by atoms with van der Waals surface area (Å²) in [6, 6.07) is 13.6. The van der Waals surface area contributed by atoms with Crippen LogP contribution in [0.2, 0.25) is 0 Å². The lowest BCUT2D eigenvalue weighted by molar-refractivity contribution is -0.385. The smallest absolute Gasteiger partial charge is 0.270 e. The highest BCUT2D eigenvalue weighted by molar-refractivity contribution is 7.89. The maximum Gasteiger partial charge on any atom is 0.270 e. The van der Waals surface area contributed by atoms with Gasteiger partial charge in [-0.3, -0.25) is 14.9 Å². The van der Waals surface area contributed by atoms with E-state index in [4.69, 9.17) is 0 Å². The van der Waals surface area contributed by atoms with E-state index in [1.54, 1.807) is 0 Å². The number of hydrogen-bond donors (Lipinski definition) is 1. The van der Waals surface area contributed by atoms with Crippen LogP contribution in [0, 0.1) is 27.4 Å². The maximum atomic E-state index is 13.1. The monoisotopic (exact) mass is 454 g/mol. The van der Waals surface area contributed by atoms with E-state index in [1.165, 1.54) is 29.3 Å². The van der Waals surface area contributed by atoms with Crippen molar-refractivity contribution in [2.24, 2.45) is 17.3 Å². The molecule has 1 N–H and O–H groups in total. The molecule has 0 bridgehead atoms. The Labute approximate surface area is 187 Å². The standard InChI is InChI=1S/C24H26N2O5S/c27-23-11-10-22-21-9-8-16-4-1-2-7-19(16)20(21)12-13-24(22,23)15-25-32(30,31)18-6-3-5-17(14-18)26(28)29/h1-7,14,20-22,25H,8-13,15H2/t20-,21-,22+,24-/m1/s1. The van der Waals surface area contributed by atoms with Crippen LogP contribution >= 0.6 is 0 Å². The zero-order valence-corrected chi connectivity index (χ0v) is 18.5. The summed E-state index contributed by atoms with van der Waals surface area (Å²) in [7, 11) is -3.97. The third kappa shape index (κ3) is 3.36.